The number of nitrogens with zero attached hydrogens (tertiary/aromatic N) is 2. The van der Waals surface area contributed by atoms with Gasteiger partial charge in [-0.1, -0.05) is 12.8 Å². The van der Waals surface area contributed by atoms with E-state index in [9.17, 15) is 4.79 Å². The topological polar surface area (TPSA) is 49.0 Å². The zero-order valence-corrected chi connectivity index (χ0v) is 13.0. The highest BCUT2D eigenvalue weighted by Gasteiger charge is 2.33. The average Bonchev–Trinajstić information content (AvgIpc) is 3.19. The Hall–Kier alpha value is -1.20. The van der Waals surface area contributed by atoms with Crippen LogP contribution in [-0.2, 0) is 6.54 Å². The Morgan fingerprint density at radius 3 is 3.00 bits per heavy atom. The van der Waals surface area contributed by atoms with E-state index in [2.05, 4.69) is 14.9 Å². The highest BCUT2D eigenvalue weighted by molar-refractivity contribution is 7.17. The summed E-state index contributed by atoms with van der Waals surface area (Å²) in [5.74, 6) is 1.69. The van der Waals surface area contributed by atoms with Crippen molar-refractivity contribution < 1.29 is 0 Å². The van der Waals surface area contributed by atoms with E-state index in [0.717, 1.165) is 35.0 Å². The molecular weight excluding hydrogens is 282 g/mol. The molecule has 4 nitrogen and oxygen atoms in total. The minimum absolute atomic E-state index is 0.0154. The van der Waals surface area contributed by atoms with Crippen molar-refractivity contribution in [3.8, 4) is 0 Å². The Balaban J connectivity index is 1.57. The first kappa shape index (κ1) is 13.5. The van der Waals surface area contributed by atoms with Crippen LogP contribution in [0.3, 0.4) is 0 Å². The highest BCUT2D eigenvalue weighted by Crippen LogP contribution is 2.35. The van der Waals surface area contributed by atoms with Crippen molar-refractivity contribution >= 4 is 21.6 Å². The van der Waals surface area contributed by atoms with Crippen molar-refractivity contribution in [2.45, 2.75) is 51.1 Å². The lowest BCUT2D eigenvalue weighted by atomic mass is 9.96. The Bertz CT molecular complexity index is 686. The number of H-pyrrole nitrogens is 1. The second kappa shape index (κ2) is 5.54. The molecule has 3 heterocycles. The van der Waals surface area contributed by atoms with Crippen molar-refractivity contribution in [1.82, 2.24) is 14.9 Å². The van der Waals surface area contributed by atoms with E-state index < -0.39 is 0 Å². The average molecular weight is 303 g/mol. The summed E-state index contributed by atoms with van der Waals surface area (Å²) < 4.78 is 0.743. The van der Waals surface area contributed by atoms with Gasteiger partial charge in [0.05, 0.1) is 12.1 Å². The fourth-order valence-corrected chi connectivity index (χ4v) is 4.84. The standard InChI is InChI=1S/C16H21N3OS/c20-16-15-12(7-9-21-15)17-14(18-16)10-19-8-3-6-13(19)11-4-1-2-5-11/h7,9,11,13H,1-6,8,10H2,(H,17,18,20)/t13-/m0/s1. The largest absolute Gasteiger partial charge is 0.308 e. The van der Waals surface area contributed by atoms with Crippen LogP contribution in [0, 0.1) is 5.92 Å². The van der Waals surface area contributed by atoms with Crippen molar-refractivity contribution in [1.29, 1.82) is 0 Å². The smallest absolute Gasteiger partial charge is 0.268 e. The van der Waals surface area contributed by atoms with Crippen molar-refractivity contribution in [2.24, 2.45) is 5.92 Å². The molecule has 0 radical (unpaired) electrons. The van der Waals surface area contributed by atoms with Crippen LogP contribution in [0.2, 0.25) is 0 Å². The Morgan fingerprint density at radius 1 is 1.29 bits per heavy atom. The Morgan fingerprint density at radius 2 is 2.14 bits per heavy atom. The van der Waals surface area contributed by atoms with Crippen LogP contribution in [0.1, 0.15) is 44.3 Å². The lowest BCUT2D eigenvalue weighted by molar-refractivity contribution is 0.179. The van der Waals surface area contributed by atoms with E-state index in [1.54, 1.807) is 0 Å². The minimum atomic E-state index is 0.0154. The molecule has 1 saturated carbocycles. The summed E-state index contributed by atoms with van der Waals surface area (Å²) >= 11 is 1.47. The van der Waals surface area contributed by atoms with Gasteiger partial charge in [0.25, 0.3) is 5.56 Å². The third-order valence-electron chi connectivity index (χ3n) is 5.07. The maximum atomic E-state index is 12.1. The molecule has 2 aliphatic rings. The third-order valence-corrected chi connectivity index (χ3v) is 5.98. The van der Waals surface area contributed by atoms with E-state index in [4.69, 9.17) is 0 Å². The van der Waals surface area contributed by atoms with Crippen molar-refractivity contribution in [2.75, 3.05) is 6.54 Å². The lowest BCUT2D eigenvalue weighted by Gasteiger charge is -2.28. The second-order valence-electron chi connectivity index (χ2n) is 6.37. The number of likely N-dealkylation sites (tertiary alicyclic amines) is 1. The van der Waals surface area contributed by atoms with Crippen LogP contribution in [0.25, 0.3) is 10.2 Å². The molecule has 1 aliphatic heterocycles. The number of fused-ring (bicyclic) bond motifs is 1. The summed E-state index contributed by atoms with van der Waals surface area (Å²) in [6.07, 6.45) is 8.15. The number of hydrogen-bond acceptors (Lipinski definition) is 4. The Labute approximate surface area is 128 Å². The van der Waals surface area contributed by atoms with Gasteiger partial charge in [-0.2, -0.15) is 0 Å². The van der Waals surface area contributed by atoms with Gasteiger partial charge < -0.3 is 4.98 Å². The molecule has 1 saturated heterocycles. The summed E-state index contributed by atoms with van der Waals surface area (Å²) in [6, 6.07) is 2.65. The van der Waals surface area contributed by atoms with Crippen molar-refractivity contribution in [3.05, 3.63) is 27.6 Å². The zero-order valence-electron chi connectivity index (χ0n) is 12.2. The zero-order chi connectivity index (χ0) is 14.2. The number of hydrogen-bond donors (Lipinski definition) is 1. The number of rotatable bonds is 3. The molecule has 1 N–H and O–H groups in total. The molecule has 5 heteroatoms. The van der Waals surface area contributed by atoms with Crippen LogP contribution in [0.15, 0.2) is 16.2 Å². The van der Waals surface area contributed by atoms with E-state index in [1.165, 1.54) is 49.9 Å². The lowest BCUT2D eigenvalue weighted by Crippen LogP contribution is -2.35. The van der Waals surface area contributed by atoms with Crippen LogP contribution < -0.4 is 5.56 Å². The molecule has 0 unspecified atom stereocenters. The minimum Gasteiger partial charge on any atom is -0.308 e. The van der Waals surface area contributed by atoms with E-state index in [0.29, 0.717) is 6.04 Å². The number of thiophene rings is 1. The van der Waals surface area contributed by atoms with Gasteiger partial charge >= 0.3 is 0 Å². The molecule has 1 aliphatic carbocycles. The third kappa shape index (κ3) is 2.53. The van der Waals surface area contributed by atoms with Gasteiger partial charge in [-0.15, -0.1) is 11.3 Å². The molecule has 0 spiro atoms. The normalized spacial score (nSPS) is 24.3. The predicted molar refractivity (Wildman–Crippen MR) is 85.6 cm³/mol. The van der Waals surface area contributed by atoms with Crippen molar-refractivity contribution in [3.63, 3.8) is 0 Å². The van der Waals surface area contributed by atoms with Gasteiger partial charge in [0.2, 0.25) is 0 Å². The van der Waals surface area contributed by atoms with Gasteiger partial charge in [0.15, 0.2) is 0 Å². The summed E-state index contributed by atoms with van der Waals surface area (Å²) in [5.41, 5.74) is 0.858. The van der Waals surface area contributed by atoms with E-state index in [-0.39, 0.29) is 5.56 Å². The molecular formula is C16H21N3OS. The SMILES string of the molecule is O=c1[nH]c(CN2CCC[C@H]2C2CCCC2)nc2ccsc12. The van der Waals surface area contributed by atoms with Gasteiger partial charge in [-0.3, -0.25) is 9.69 Å². The summed E-state index contributed by atoms with van der Waals surface area (Å²) in [4.78, 5) is 22.2. The number of aromatic amines is 1. The van der Waals surface area contributed by atoms with E-state index in [1.807, 2.05) is 11.4 Å². The summed E-state index contributed by atoms with van der Waals surface area (Å²) in [5, 5.41) is 1.94. The van der Waals surface area contributed by atoms with Gasteiger partial charge in [-0.25, -0.2) is 4.98 Å². The maximum Gasteiger partial charge on any atom is 0.268 e. The quantitative estimate of drug-likeness (QED) is 0.947. The fourth-order valence-electron chi connectivity index (χ4n) is 4.11. The molecule has 2 fully saturated rings. The van der Waals surface area contributed by atoms with Crippen LogP contribution >= 0.6 is 11.3 Å². The highest BCUT2D eigenvalue weighted by atomic mass is 32.1. The summed E-state index contributed by atoms with van der Waals surface area (Å²) in [7, 11) is 0. The maximum absolute atomic E-state index is 12.1. The second-order valence-corrected chi connectivity index (χ2v) is 7.29. The molecule has 4 rings (SSSR count). The predicted octanol–water partition coefficient (Wildman–Crippen LogP) is 3.14. The first-order valence-corrected chi connectivity index (χ1v) is 8.90. The monoisotopic (exact) mass is 303 g/mol. The van der Waals surface area contributed by atoms with Gasteiger partial charge in [0.1, 0.15) is 10.5 Å². The molecule has 2 aromatic heterocycles. The molecule has 0 aromatic carbocycles. The molecule has 2 aromatic rings. The van der Waals surface area contributed by atoms with Gasteiger partial charge in [-0.05, 0) is 49.6 Å². The number of nitrogens with one attached hydrogen (secondary N) is 1. The Kier molecular flexibility index (Phi) is 3.55. The van der Waals surface area contributed by atoms with Crippen LogP contribution in [-0.4, -0.2) is 27.5 Å². The molecule has 0 bridgehead atoms. The molecule has 1 atom stereocenters. The summed E-state index contributed by atoms with van der Waals surface area (Å²) in [6.45, 7) is 1.94. The first-order valence-electron chi connectivity index (χ1n) is 8.02. The van der Waals surface area contributed by atoms with E-state index >= 15 is 0 Å². The molecule has 21 heavy (non-hydrogen) atoms. The van der Waals surface area contributed by atoms with Gasteiger partial charge in [0, 0.05) is 6.04 Å². The van der Waals surface area contributed by atoms with Crippen LogP contribution in [0.4, 0.5) is 0 Å². The fraction of sp³-hybridized carbons (Fsp3) is 0.625. The molecule has 112 valence electrons. The molecule has 0 amide bonds. The first-order chi connectivity index (χ1) is 10.3. The van der Waals surface area contributed by atoms with Crippen LogP contribution in [0.5, 0.6) is 0 Å². The number of aromatic nitrogens is 2.